The molecule has 0 saturated carbocycles. The SMILES string of the molecule is CN1ON(c2ncccn2)C(=O)/C1=C/c1cnc([N+](=O)[O-])s1. The van der Waals surface area contributed by atoms with E-state index < -0.39 is 10.8 Å². The second-order valence-electron chi connectivity index (χ2n) is 4.06. The third-order valence-electron chi connectivity index (χ3n) is 2.63. The zero-order valence-corrected chi connectivity index (χ0v) is 11.9. The zero-order valence-electron chi connectivity index (χ0n) is 11.1. The van der Waals surface area contributed by atoms with E-state index in [4.69, 9.17) is 4.94 Å². The van der Waals surface area contributed by atoms with Crippen LogP contribution >= 0.6 is 11.3 Å². The Labute approximate surface area is 127 Å². The minimum absolute atomic E-state index is 0.0954. The van der Waals surface area contributed by atoms with Gasteiger partial charge in [-0.3, -0.25) is 4.79 Å². The summed E-state index contributed by atoms with van der Waals surface area (Å²) in [5, 5.41) is 12.5. The average molecular weight is 320 g/mol. The van der Waals surface area contributed by atoms with Gasteiger partial charge in [0.1, 0.15) is 5.70 Å². The Morgan fingerprint density at radius 3 is 2.73 bits per heavy atom. The van der Waals surface area contributed by atoms with Crippen molar-refractivity contribution in [2.24, 2.45) is 0 Å². The van der Waals surface area contributed by atoms with Crippen LogP contribution in [0.2, 0.25) is 0 Å². The number of nitro groups is 1. The van der Waals surface area contributed by atoms with Crippen molar-refractivity contribution in [2.75, 3.05) is 12.1 Å². The second-order valence-corrected chi connectivity index (χ2v) is 5.10. The standard InChI is InChI=1S/C11H8N6O4S/c1-15-8(5-7-6-14-11(22-7)17(19)20)9(18)16(21-15)10-12-3-2-4-13-10/h2-6H,1H3/b8-5-. The Balaban J connectivity index is 1.89. The first-order valence-electron chi connectivity index (χ1n) is 5.91. The molecule has 1 amide bonds. The van der Waals surface area contributed by atoms with Crippen molar-refractivity contribution >= 4 is 34.4 Å². The van der Waals surface area contributed by atoms with E-state index >= 15 is 0 Å². The summed E-state index contributed by atoms with van der Waals surface area (Å²) in [6.45, 7) is 0. The van der Waals surface area contributed by atoms with Crippen LogP contribution in [0.1, 0.15) is 4.88 Å². The molecule has 11 heteroatoms. The van der Waals surface area contributed by atoms with E-state index in [1.807, 2.05) is 0 Å². The van der Waals surface area contributed by atoms with Crippen LogP contribution in [0.3, 0.4) is 0 Å². The van der Waals surface area contributed by atoms with Gasteiger partial charge in [0.2, 0.25) is 0 Å². The number of amides is 1. The lowest BCUT2D eigenvalue weighted by molar-refractivity contribution is -0.384. The van der Waals surface area contributed by atoms with Gasteiger partial charge in [-0.05, 0) is 33.4 Å². The van der Waals surface area contributed by atoms with Crippen molar-refractivity contribution in [2.45, 2.75) is 0 Å². The molecule has 0 unspecified atom stereocenters. The molecule has 1 fully saturated rings. The summed E-state index contributed by atoms with van der Waals surface area (Å²) in [6.07, 6.45) is 5.73. The predicted octanol–water partition coefficient (Wildman–Crippen LogP) is 1.01. The summed E-state index contributed by atoms with van der Waals surface area (Å²) in [7, 11) is 1.53. The quantitative estimate of drug-likeness (QED) is 0.467. The molecule has 0 radical (unpaired) electrons. The van der Waals surface area contributed by atoms with Crippen LogP contribution in [-0.4, -0.2) is 37.9 Å². The van der Waals surface area contributed by atoms with Crippen molar-refractivity contribution in [3.05, 3.63) is 45.3 Å². The molecule has 2 aromatic rings. The van der Waals surface area contributed by atoms with Gasteiger partial charge in [-0.1, -0.05) is 0 Å². The number of nitrogens with zero attached hydrogens (tertiary/aromatic N) is 6. The molecule has 10 nitrogen and oxygen atoms in total. The van der Waals surface area contributed by atoms with E-state index in [1.54, 1.807) is 6.07 Å². The molecule has 3 rings (SSSR count). The summed E-state index contributed by atoms with van der Waals surface area (Å²) in [5.74, 6) is -0.386. The highest BCUT2D eigenvalue weighted by atomic mass is 32.1. The number of likely N-dealkylation sites (N-methyl/N-ethyl adjacent to an activating group) is 1. The fourth-order valence-corrected chi connectivity index (χ4v) is 2.35. The first-order valence-corrected chi connectivity index (χ1v) is 6.73. The molecule has 2 aromatic heterocycles. The predicted molar refractivity (Wildman–Crippen MR) is 75.1 cm³/mol. The third kappa shape index (κ3) is 2.49. The highest BCUT2D eigenvalue weighted by molar-refractivity contribution is 7.15. The smallest absolute Gasteiger partial charge is 0.357 e. The van der Waals surface area contributed by atoms with E-state index in [9.17, 15) is 14.9 Å². The van der Waals surface area contributed by atoms with Gasteiger partial charge in [0.05, 0.1) is 4.88 Å². The summed E-state index contributed by atoms with van der Waals surface area (Å²) >= 11 is 0.858. The molecule has 0 bridgehead atoms. The molecule has 0 aromatic carbocycles. The summed E-state index contributed by atoms with van der Waals surface area (Å²) in [4.78, 5) is 39.6. The number of thiazole rings is 1. The minimum Gasteiger partial charge on any atom is -0.357 e. The number of hydrogen-bond donors (Lipinski definition) is 0. The van der Waals surface area contributed by atoms with Gasteiger partial charge in [-0.25, -0.2) is 15.0 Å². The summed E-state index contributed by atoms with van der Waals surface area (Å²) in [5.41, 5.74) is 0.186. The number of anilines is 1. The first-order chi connectivity index (χ1) is 10.6. The van der Waals surface area contributed by atoms with Crippen LogP contribution in [0.4, 0.5) is 11.1 Å². The summed E-state index contributed by atoms with van der Waals surface area (Å²) < 4.78 is 0. The number of rotatable bonds is 3. The summed E-state index contributed by atoms with van der Waals surface area (Å²) in [6, 6.07) is 1.61. The molecule has 1 aliphatic heterocycles. The normalized spacial score (nSPS) is 16.6. The maximum Gasteiger partial charge on any atom is 0.423 e. The van der Waals surface area contributed by atoms with E-state index in [0.29, 0.717) is 4.88 Å². The van der Waals surface area contributed by atoms with Crippen LogP contribution in [-0.2, 0) is 9.73 Å². The molecule has 22 heavy (non-hydrogen) atoms. The van der Waals surface area contributed by atoms with Crippen molar-refractivity contribution in [3.8, 4) is 0 Å². The molecule has 0 N–H and O–H groups in total. The Morgan fingerprint density at radius 1 is 1.36 bits per heavy atom. The van der Waals surface area contributed by atoms with Gasteiger partial charge >= 0.3 is 11.0 Å². The number of hydroxylamine groups is 3. The van der Waals surface area contributed by atoms with Gasteiger partial charge in [-0.2, -0.15) is 0 Å². The van der Waals surface area contributed by atoms with Crippen molar-refractivity contribution < 1.29 is 14.7 Å². The van der Waals surface area contributed by atoms with E-state index in [2.05, 4.69) is 15.0 Å². The highest BCUT2D eigenvalue weighted by Crippen LogP contribution is 2.27. The lowest BCUT2D eigenvalue weighted by Gasteiger charge is -2.10. The maximum absolute atomic E-state index is 12.3. The monoisotopic (exact) mass is 320 g/mol. The van der Waals surface area contributed by atoms with Crippen LogP contribution in [0.25, 0.3) is 6.08 Å². The minimum atomic E-state index is -0.590. The van der Waals surface area contributed by atoms with E-state index in [1.165, 1.54) is 36.8 Å². The average Bonchev–Trinajstić information content (AvgIpc) is 3.09. The van der Waals surface area contributed by atoms with Crippen molar-refractivity contribution in [1.29, 1.82) is 0 Å². The van der Waals surface area contributed by atoms with Gasteiger partial charge in [-0.15, -0.1) is 10.0 Å². The van der Waals surface area contributed by atoms with Gasteiger partial charge < -0.3 is 10.1 Å². The first kappa shape index (κ1) is 14.0. The number of carbonyl (C=O) groups excluding carboxylic acids is 1. The molecule has 112 valence electrons. The lowest BCUT2D eigenvalue weighted by atomic mass is 10.3. The van der Waals surface area contributed by atoms with Crippen LogP contribution in [0, 0.1) is 10.1 Å². The molecule has 3 heterocycles. The Morgan fingerprint density at radius 2 is 2.09 bits per heavy atom. The molecular weight excluding hydrogens is 312 g/mol. The molecule has 0 spiro atoms. The highest BCUT2D eigenvalue weighted by Gasteiger charge is 2.35. The zero-order chi connectivity index (χ0) is 15.7. The Bertz CT molecular complexity index is 761. The fourth-order valence-electron chi connectivity index (χ4n) is 1.68. The number of carbonyl (C=O) groups is 1. The van der Waals surface area contributed by atoms with Gasteiger partial charge in [0, 0.05) is 19.4 Å². The second kappa shape index (κ2) is 5.46. The molecule has 1 saturated heterocycles. The largest absolute Gasteiger partial charge is 0.423 e. The van der Waals surface area contributed by atoms with Crippen LogP contribution in [0.15, 0.2) is 30.4 Å². The Hall–Kier alpha value is -2.92. The van der Waals surface area contributed by atoms with Crippen molar-refractivity contribution in [3.63, 3.8) is 0 Å². The molecule has 0 atom stereocenters. The maximum atomic E-state index is 12.3. The molecule has 1 aliphatic rings. The lowest BCUT2D eigenvalue weighted by Crippen LogP contribution is -2.25. The molecular formula is C11H8N6O4S. The topological polar surface area (TPSA) is 115 Å². The van der Waals surface area contributed by atoms with E-state index in [0.717, 1.165) is 16.4 Å². The molecule has 0 aliphatic carbocycles. The van der Waals surface area contributed by atoms with Crippen LogP contribution < -0.4 is 5.06 Å². The number of aromatic nitrogens is 3. The number of hydrogen-bond acceptors (Lipinski definition) is 9. The van der Waals surface area contributed by atoms with Gasteiger partial charge in [0.25, 0.3) is 5.95 Å². The Kier molecular flexibility index (Phi) is 3.48. The van der Waals surface area contributed by atoms with E-state index in [-0.39, 0.29) is 16.8 Å². The van der Waals surface area contributed by atoms with Crippen molar-refractivity contribution in [1.82, 2.24) is 20.0 Å². The fraction of sp³-hybridized carbons (Fsp3) is 0.0909. The van der Waals surface area contributed by atoms with Gasteiger partial charge in [0.15, 0.2) is 6.20 Å². The van der Waals surface area contributed by atoms with Crippen LogP contribution in [0.5, 0.6) is 0 Å². The third-order valence-corrected chi connectivity index (χ3v) is 3.52.